The zero-order chi connectivity index (χ0) is 18.2. The van der Waals surface area contributed by atoms with Crippen molar-refractivity contribution >= 4 is 11.6 Å². The van der Waals surface area contributed by atoms with E-state index in [4.69, 9.17) is 14.2 Å². The van der Waals surface area contributed by atoms with Crippen LogP contribution in [-0.4, -0.2) is 44.3 Å². The Labute approximate surface area is 153 Å². The summed E-state index contributed by atoms with van der Waals surface area (Å²) in [6.07, 6.45) is 1.35. The number of ether oxygens (including phenoxy) is 3. The Morgan fingerprint density at radius 3 is 2.77 bits per heavy atom. The Morgan fingerprint density at radius 2 is 1.92 bits per heavy atom. The van der Waals surface area contributed by atoms with Crippen molar-refractivity contribution in [2.75, 3.05) is 38.9 Å². The van der Waals surface area contributed by atoms with Crippen LogP contribution in [0.2, 0.25) is 0 Å². The van der Waals surface area contributed by atoms with Gasteiger partial charge in [0.2, 0.25) is 12.7 Å². The maximum atomic E-state index is 12.1. The minimum atomic E-state index is -0.0174. The number of rotatable bonds is 9. The van der Waals surface area contributed by atoms with E-state index in [0.29, 0.717) is 31.1 Å². The normalized spacial score (nSPS) is 12.2. The number of carbonyl (C=O) groups excluding carboxylic acids is 1. The summed E-state index contributed by atoms with van der Waals surface area (Å²) >= 11 is 0. The summed E-state index contributed by atoms with van der Waals surface area (Å²) in [7, 11) is 2.01. The second-order valence-corrected chi connectivity index (χ2v) is 6.18. The highest BCUT2D eigenvalue weighted by Crippen LogP contribution is 2.34. The van der Waals surface area contributed by atoms with E-state index in [1.165, 1.54) is 0 Å². The maximum absolute atomic E-state index is 12.1. The van der Waals surface area contributed by atoms with Crippen molar-refractivity contribution in [2.45, 2.75) is 12.8 Å². The molecule has 0 atom stereocenters. The van der Waals surface area contributed by atoms with Crippen LogP contribution < -0.4 is 19.5 Å². The fraction of sp³-hybridized carbons (Fsp3) is 0.350. The fourth-order valence-corrected chi connectivity index (χ4v) is 2.64. The molecule has 0 aromatic heterocycles. The number of hydrogen-bond acceptors (Lipinski definition) is 5. The van der Waals surface area contributed by atoms with Gasteiger partial charge in [0.25, 0.3) is 0 Å². The van der Waals surface area contributed by atoms with Crippen LogP contribution in [0, 0.1) is 0 Å². The topological polar surface area (TPSA) is 60.0 Å². The monoisotopic (exact) mass is 356 g/mol. The summed E-state index contributed by atoms with van der Waals surface area (Å²) in [5, 5.41) is 2.89. The predicted molar refractivity (Wildman–Crippen MR) is 99.9 cm³/mol. The Bertz CT molecular complexity index is 721. The average molecular weight is 356 g/mol. The number of nitrogens with zero attached hydrogens (tertiary/aromatic N) is 1. The first-order valence-electron chi connectivity index (χ1n) is 8.76. The van der Waals surface area contributed by atoms with Gasteiger partial charge in [-0.3, -0.25) is 4.79 Å². The first kappa shape index (κ1) is 18.1. The summed E-state index contributed by atoms with van der Waals surface area (Å²) in [5.41, 5.74) is 0.721. The van der Waals surface area contributed by atoms with Crippen molar-refractivity contribution < 1.29 is 19.0 Å². The number of carbonyl (C=O) groups is 1. The molecular formula is C20H24N2O4. The number of para-hydroxylation sites is 1. The van der Waals surface area contributed by atoms with Gasteiger partial charge in [-0.15, -0.1) is 0 Å². The maximum Gasteiger partial charge on any atom is 0.231 e. The smallest absolute Gasteiger partial charge is 0.231 e. The predicted octanol–water partition coefficient (Wildman–Crippen LogP) is 3.14. The van der Waals surface area contributed by atoms with Gasteiger partial charge in [-0.25, -0.2) is 0 Å². The molecule has 0 aliphatic carbocycles. The molecule has 0 spiro atoms. The van der Waals surface area contributed by atoms with E-state index in [-0.39, 0.29) is 12.7 Å². The van der Waals surface area contributed by atoms with Gasteiger partial charge in [0.1, 0.15) is 5.75 Å². The Kier molecular flexibility index (Phi) is 6.33. The summed E-state index contributed by atoms with van der Waals surface area (Å²) in [6.45, 7) is 2.47. The van der Waals surface area contributed by atoms with Crippen molar-refractivity contribution in [1.29, 1.82) is 0 Å². The van der Waals surface area contributed by atoms with E-state index in [1.54, 1.807) is 12.1 Å². The summed E-state index contributed by atoms with van der Waals surface area (Å²) < 4.78 is 16.2. The molecule has 0 radical (unpaired) electrons. The Balaban J connectivity index is 1.31. The second-order valence-electron chi connectivity index (χ2n) is 6.18. The SMILES string of the molecule is CN(CCCOc1ccccc1)CCC(=O)Nc1ccc2c(c1)OCO2. The zero-order valence-corrected chi connectivity index (χ0v) is 14.9. The van der Waals surface area contributed by atoms with Crippen LogP contribution >= 0.6 is 0 Å². The van der Waals surface area contributed by atoms with Gasteiger partial charge in [0.05, 0.1) is 6.61 Å². The summed E-state index contributed by atoms with van der Waals surface area (Å²) in [6, 6.07) is 15.2. The third-order valence-electron chi connectivity index (χ3n) is 4.07. The van der Waals surface area contributed by atoms with Crippen molar-refractivity contribution in [1.82, 2.24) is 4.90 Å². The van der Waals surface area contributed by atoms with Crippen LogP contribution in [0.25, 0.3) is 0 Å². The van der Waals surface area contributed by atoms with Gasteiger partial charge in [-0.2, -0.15) is 0 Å². The number of benzene rings is 2. The first-order valence-corrected chi connectivity index (χ1v) is 8.76. The van der Waals surface area contributed by atoms with Gasteiger partial charge in [-0.1, -0.05) is 18.2 Å². The summed E-state index contributed by atoms with van der Waals surface area (Å²) in [5.74, 6) is 2.24. The molecule has 1 N–H and O–H groups in total. The highest BCUT2D eigenvalue weighted by molar-refractivity contribution is 5.91. The largest absolute Gasteiger partial charge is 0.494 e. The Morgan fingerprint density at radius 1 is 1.12 bits per heavy atom. The van der Waals surface area contributed by atoms with Gasteiger partial charge >= 0.3 is 0 Å². The molecule has 1 heterocycles. The molecule has 2 aromatic rings. The lowest BCUT2D eigenvalue weighted by molar-refractivity contribution is -0.116. The third kappa shape index (κ3) is 5.39. The van der Waals surface area contributed by atoms with Crippen LogP contribution in [-0.2, 0) is 4.79 Å². The minimum Gasteiger partial charge on any atom is -0.494 e. The van der Waals surface area contributed by atoms with Crippen LogP contribution in [0.15, 0.2) is 48.5 Å². The van der Waals surface area contributed by atoms with E-state index >= 15 is 0 Å². The highest BCUT2D eigenvalue weighted by atomic mass is 16.7. The quantitative estimate of drug-likeness (QED) is 0.700. The van der Waals surface area contributed by atoms with Gasteiger partial charge in [0.15, 0.2) is 11.5 Å². The molecule has 1 amide bonds. The lowest BCUT2D eigenvalue weighted by atomic mass is 10.2. The van der Waals surface area contributed by atoms with E-state index in [9.17, 15) is 4.79 Å². The molecule has 2 aromatic carbocycles. The van der Waals surface area contributed by atoms with Crippen LogP contribution in [0.4, 0.5) is 5.69 Å². The molecule has 0 saturated carbocycles. The zero-order valence-electron chi connectivity index (χ0n) is 14.9. The van der Waals surface area contributed by atoms with Crippen molar-refractivity contribution in [3.05, 3.63) is 48.5 Å². The molecule has 138 valence electrons. The molecule has 3 rings (SSSR count). The molecule has 0 bridgehead atoms. The molecule has 0 fully saturated rings. The van der Waals surface area contributed by atoms with Gasteiger partial charge in [-0.05, 0) is 37.7 Å². The minimum absolute atomic E-state index is 0.0174. The average Bonchev–Trinajstić information content (AvgIpc) is 3.12. The summed E-state index contributed by atoms with van der Waals surface area (Å²) in [4.78, 5) is 14.2. The molecule has 1 aliphatic rings. The molecule has 0 saturated heterocycles. The number of hydrogen-bond donors (Lipinski definition) is 1. The van der Waals surface area contributed by atoms with Crippen molar-refractivity contribution in [3.63, 3.8) is 0 Å². The molecule has 1 aliphatic heterocycles. The number of fused-ring (bicyclic) bond motifs is 1. The van der Waals surface area contributed by atoms with Crippen molar-refractivity contribution in [2.24, 2.45) is 0 Å². The first-order chi connectivity index (χ1) is 12.7. The number of anilines is 1. The lowest BCUT2D eigenvalue weighted by Crippen LogP contribution is -2.26. The molecule has 6 nitrogen and oxygen atoms in total. The standard InChI is InChI=1S/C20H24N2O4/c1-22(11-5-13-24-17-6-3-2-4-7-17)12-10-20(23)21-16-8-9-18-19(14-16)26-15-25-18/h2-4,6-9,14H,5,10-13,15H2,1H3,(H,21,23). The van der Waals surface area contributed by atoms with Crippen LogP contribution in [0.3, 0.4) is 0 Å². The molecule has 0 unspecified atom stereocenters. The van der Waals surface area contributed by atoms with E-state index in [0.717, 1.165) is 24.4 Å². The third-order valence-corrected chi connectivity index (χ3v) is 4.07. The molecular weight excluding hydrogens is 332 g/mol. The van der Waals surface area contributed by atoms with Gasteiger partial charge < -0.3 is 24.4 Å². The lowest BCUT2D eigenvalue weighted by Gasteiger charge is -2.16. The highest BCUT2D eigenvalue weighted by Gasteiger charge is 2.14. The van der Waals surface area contributed by atoms with Crippen molar-refractivity contribution in [3.8, 4) is 17.2 Å². The van der Waals surface area contributed by atoms with E-state index < -0.39 is 0 Å². The van der Waals surface area contributed by atoms with Crippen LogP contribution in [0.5, 0.6) is 17.2 Å². The van der Waals surface area contributed by atoms with Gasteiger partial charge in [0, 0.05) is 31.3 Å². The Hall–Kier alpha value is -2.73. The number of amides is 1. The fourth-order valence-electron chi connectivity index (χ4n) is 2.64. The number of nitrogens with one attached hydrogen (secondary N) is 1. The van der Waals surface area contributed by atoms with E-state index in [1.807, 2.05) is 43.4 Å². The second kappa shape index (κ2) is 9.10. The molecule has 26 heavy (non-hydrogen) atoms. The molecule has 6 heteroatoms. The van der Waals surface area contributed by atoms with Crippen LogP contribution in [0.1, 0.15) is 12.8 Å². The van der Waals surface area contributed by atoms with E-state index in [2.05, 4.69) is 10.2 Å².